The number of hydrogen-bond acceptors (Lipinski definition) is 2. The smallest absolute Gasteiger partial charge is 0.321 e. The SMILES string of the molecule is CN(c1ccccc1)C1CN(C(=O)Nc2ccc(Cl)cc2)C1. The van der Waals surface area contributed by atoms with Crippen molar-refractivity contribution >= 4 is 29.0 Å². The fourth-order valence-electron chi connectivity index (χ4n) is 2.48. The van der Waals surface area contributed by atoms with Gasteiger partial charge in [0.15, 0.2) is 0 Å². The largest absolute Gasteiger partial charge is 0.368 e. The topological polar surface area (TPSA) is 35.6 Å². The van der Waals surface area contributed by atoms with Gasteiger partial charge in [-0.1, -0.05) is 29.8 Å². The molecule has 3 rings (SSSR count). The Hall–Kier alpha value is -2.20. The summed E-state index contributed by atoms with van der Waals surface area (Å²) in [5.41, 5.74) is 1.93. The number of nitrogens with zero attached hydrogens (tertiary/aromatic N) is 2. The van der Waals surface area contributed by atoms with Crippen LogP contribution < -0.4 is 10.2 Å². The third-order valence-corrected chi connectivity index (χ3v) is 4.21. The molecule has 1 heterocycles. The Morgan fingerprint density at radius 3 is 2.41 bits per heavy atom. The second kappa shape index (κ2) is 6.28. The molecule has 0 aliphatic carbocycles. The zero-order valence-corrected chi connectivity index (χ0v) is 13.1. The summed E-state index contributed by atoms with van der Waals surface area (Å²) >= 11 is 5.83. The van der Waals surface area contributed by atoms with E-state index >= 15 is 0 Å². The van der Waals surface area contributed by atoms with Crippen LogP contribution in [0.5, 0.6) is 0 Å². The molecule has 0 saturated carbocycles. The van der Waals surface area contributed by atoms with E-state index in [1.54, 1.807) is 29.2 Å². The van der Waals surface area contributed by atoms with Gasteiger partial charge in [0.05, 0.1) is 6.04 Å². The highest BCUT2D eigenvalue weighted by molar-refractivity contribution is 6.30. The molecular weight excluding hydrogens is 298 g/mol. The molecule has 1 N–H and O–H groups in total. The van der Waals surface area contributed by atoms with Gasteiger partial charge in [-0.05, 0) is 36.4 Å². The predicted molar refractivity (Wildman–Crippen MR) is 90.7 cm³/mol. The molecule has 5 heteroatoms. The molecule has 1 aliphatic heterocycles. The van der Waals surface area contributed by atoms with E-state index in [0.29, 0.717) is 11.1 Å². The van der Waals surface area contributed by atoms with Crippen molar-refractivity contribution in [3.63, 3.8) is 0 Å². The number of likely N-dealkylation sites (N-methyl/N-ethyl adjacent to an activating group) is 1. The van der Waals surface area contributed by atoms with Crippen molar-refractivity contribution in [1.82, 2.24) is 4.90 Å². The molecule has 0 bridgehead atoms. The molecule has 0 unspecified atom stereocenters. The van der Waals surface area contributed by atoms with Gasteiger partial charge in [0.1, 0.15) is 0 Å². The van der Waals surface area contributed by atoms with Crippen molar-refractivity contribution in [2.24, 2.45) is 0 Å². The maximum Gasteiger partial charge on any atom is 0.321 e. The molecule has 1 aliphatic rings. The van der Waals surface area contributed by atoms with E-state index < -0.39 is 0 Å². The number of para-hydroxylation sites is 1. The summed E-state index contributed by atoms with van der Waals surface area (Å²) in [7, 11) is 2.06. The Labute approximate surface area is 135 Å². The van der Waals surface area contributed by atoms with Crippen LogP contribution in [-0.2, 0) is 0 Å². The van der Waals surface area contributed by atoms with Gasteiger partial charge in [-0.2, -0.15) is 0 Å². The maximum absolute atomic E-state index is 12.1. The number of anilines is 2. The number of amides is 2. The van der Waals surface area contributed by atoms with Crippen LogP contribution in [0.4, 0.5) is 16.2 Å². The van der Waals surface area contributed by atoms with Crippen LogP contribution in [0.3, 0.4) is 0 Å². The van der Waals surface area contributed by atoms with E-state index in [1.807, 2.05) is 18.2 Å². The van der Waals surface area contributed by atoms with Gasteiger partial charge in [0, 0.05) is 36.5 Å². The van der Waals surface area contributed by atoms with E-state index in [1.165, 1.54) is 5.69 Å². The molecule has 4 nitrogen and oxygen atoms in total. The molecule has 2 amide bonds. The van der Waals surface area contributed by atoms with Crippen LogP contribution in [0.1, 0.15) is 0 Å². The first kappa shape index (κ1) is 14.7. The number of hydrogen-bond donors (Lipinski definition) is 1. The minimum absolute atomic E-state index is 0.0694. The van der Waals surface area contributed by atoms with Crippen molar-refractivity contribution < 1.29 is 4.79 Å². The monoisotopic (exact) mass is 315 g/mol. The molecule has 0 aromatic heterocycles. The molecule has 1 saturated heterocycles. The lowest BCUT2D eigenvalue weighted by molar-refractivity contribution is 0.163. The summed E-state index contributed by atoms with van der Waals surface area (Å²) in [6.45, 7) is 1.45. The first-order chi connectivity index (χ1) is 10.6. The van der Waals surface area contributed by atoms with E-state index in [9.17, 15) is 4.79 Å². The number of benzene rings is 2. The number of likely N-dealkylation sites (tertiary alicyclic amines) is 1. The van der Waals surface area contributed by atoms with Crippen molar-refractivity contribution in [3.8, 4) is 0 Å². The summed E-state index contributed by atoms with van der Waals surface area (Å²) in [5, 5.41) is 3.54. The Morgan fingerprint density at radius 1 is 1.14 bits per heavy atom. The Morgan fingerprint density at radius 2 is 1.77 bits per heavy atom. The standard InChI is InChI=1S/C17H18ClN3O/c1-20(15-5-3-2-4-6-15)16-11-21(12-16)17(22)19-14-9-7-13(18)8-10-14/h2-10,16H,11-12H2,1H3,(H,19,22). The quantitative estimate of drug-likeness (QED) is 0.937. The average molecular weight is 316 g/mol. The lowest BCUT2D eigenvalue weighted by Crippen LogP contribution is -2.61. The van der Waals surface area contributed by atoms with Crippen molar-refractivity contribution in [2.75, 3.05) is 30.4 Å². The highest BCUT2D eigenvalue weighted by Crippen LogP contribution is 2.22. The Balaban J connectivity index is 1.52. The number of carbonyl (C=O) groups is 1. The van der Waals surface area contributed by atoms with Crippen LogP contribution >= 0.6 is 11.6 Å². The first-order valence-electron chi connectivity index (χ1n) is 7.23. The van der Waals surface area contributed by atoms with E-state index in [2.05, 4.69) is 29.4 Å². The van der Waals surface area contributed by atoms with Gasteiger partial charge < -0.3 is 15.1 Å². The second-order valence-electron chi connectivity index (χ2n) is 5.44. The predicted octanol–water partition coefficient (Wildman–Crippen LogP) is 3.69. The van der Waals surface area contributed by atoms with Crippen LogP contribution in [-0.4, -0.2) is 37.1 Å². The highest BCUT2D eigenvalue weighted by atomic mass is 35.5. The maximum atomic E-state index is 12.1. The molecular formula is C17H18ClN3O. The van der Waals surface area contributed by atoms with Gasteiger partial charge in [-0.25, -0.2) is 4.79 Å². The molecule has 114 valence electrons. The molecule has 0 atom stereocenters. The molecule has 2 aromatic carbocycles. The number of nitrogens with one attached hydrogen (secondary N) is 1. The number of halogens is 1. The zero-order chi connectivity index (χ0) is 15.5. The molecule has 0 radical (unpaired) electrons. The third-order valence-electron chi connectivity index (χ3n) is 3.96. The van der Waals surface area contributed by atoms with Crippen LogP contribution in [0.25, 0.3) is 0 Å². The molecule has 1 fully saturated rings. The minimum Gasteiger partial charge on any atom is -0.368 e. The van der Waals surface area contributed by atoms with E-state index in [0.717, 1.165) is 18.8 Å². The van der Waals surface area contributed by atoms with Crippen molar-refractivity contribution in [3.05, 3.63) is 59.6 Å². The minimum atomic E-state index is -0.0694. The van der Waals surface area contributed by atoms with Gasteiger partial charge in [0.2, 0.25) is 0 Å². The fraction of sp³-hybridized carbons (Fsp3) is 0.235. The Kier molecular flexibility index (Phi) is 4.20. The number of carbonyl (C=O) groups excluding carboxylic acids is 1. The van der Waals surface area contributed by atoms with Crippen molar-refractivity contribution in [1.29, 1.82) is 0 Å². The van der Waals surface area contributed by atoms with Gasteiger partial charge >= 0.3 is 6.03 Å². The van der Waals surface area contributed by atoms with E-state index in [4.69, 9.17) is 11.6 Å². The number of urea groups is 1. The summed E-state index contributed by atoms with van der Waals surface area (Å²) in [6.07, 6.45) is 0. The van der Waals surface area contributed by atoms with Gasteiger partial charge in [-0.3, -0.25) is 0 Å². The molecule has 22 heavy (non-hydrogen) atoms. The third kappa shape index (κ3) is 3.17. The summed E-state index contributed by atoms with van der Waals surface area (Å²) in [4.78, 5) is 16.2. The molecule has 0 spiro atoms. The lowest BCUT2D eigenvalue weighted by Gasteiger charge is -2.44. The zero-order valence-electron chi connectivity index (χ0n) is 12.4. The van der Waals surface area contributed by atoms with Gasteiger partial charge in [0.25, 0.3) is 0 Å². The van der Waals surface area contributed by atoms with E-state index in [-0.39, 0.29) is 6.03 Å². The summed E-state index contributed by atoms with van der Waals surface area (Å²) in [6, 6.07) is 17.6. The summed E-state index contributed by atoms with van der Waals surface area (Å²) in [5.74, 6) is 0. The first-order valence-corrected chi connectivity index (χ1v) is 7.60. The van der Waals surface area contributed by atoms with Crippen LogP contribution in [0, 0.1) is 0 Å². The number of rotatable bonds is 3. The average Bonchev–Trinajstić information content (AvgIpc) is 2.49. The Bertz CT molecular complexity index is 639. The normalized spacial score (nSPS) is 14.4. The van der Waals surface area contributed by atoms with Gasteiger partial charge in [-0.15, -0.1) is 0 Å². The summed E-state index contributed by atoms with van der Waals surface area (Å²) < 4.78 is 0. The highest BCUT2D eigenvalue weighted by Gasteiger charge is 2.33. The second-order valence-corrected chi connectivity index (χ2v) is 5.88. The van der Waals surface area contributed by atoms with Crippen LogP contribution in [0.15, 0.2) is 54.6 Å². The van der Waals surface area contributed by atoms with Crippen LogP contribution in [0.2, 0.25) is 5.02 Å². The van der Waals surface area contributed by atoms with Crippen molar-refractivity contribution in [2.45, 2.75) is 6.04 Å². The molecule has 2 aromatic rings. The lowest BCUT2D eigenvalue weighted by atomic mass is 10.1. The fourth-order valence-corrected chi connectivity index (χ4v) is 2.60.